The predicted molar refractivity (Wildman–Crippen MR) is 84.1 cm³/mol. The van der Waals surface area contributed by atoms with Gasteiger partial charge in [0.1, 0.15) is 5.75 Å². The summed E-state index contributed by atoms with van der Waals surface area (Å²) in [6.45, 7) is 4.10. The number of hydrogen-bond acceptors (Lipinski definition) is 2. The van der Waals surface area contributed by atoms with E-state index in [9.17, 15) is 0 Å². The van der Waals surface area contributed by atoms with Crippen molar-refractivity contribution < 1.29 is 4.74 Å². The molecule has 1 unspecified atom stereocenters. The fourth-order valence-corrected chi connectivity index (χ4v) is 2.68. The Bertz CT molecular complexity index is 613. The summed E-state index contributed by atoms with van der Waals surface area (Å²) in [5.74, 6) is 1.06. The maximum atomic E-state index is 6.25. The third kappa shape index (κ3) is 3.44. The maximum absolute atomic E-state index is 6.25. The Morgan fingerprint density at radius 3 is 2.65 bits per heavy atom. The summed E-state index contributed by atoms with van der Waals surface area (Å²) in [6.07, 6.45) is 2.58. The first-order valence-electron chi connectivity index (χ1n) is 6.45. The number of aromatic nitrogens is 1. The second-order valence-corrected chi connectivity index (χ2v) is 5.78. The van der Waals surface area contributed by atoms with Crippen molar-refractivity contribution in [3.63, 3.8) is 0 Å². The van der Waals surface area contributed by atoms with Crippen LogP contribution < -0.4 is 4.74 Å². The summed E-state index contributed by atoms with van der Waals surface area (Å²) in [7, 11) is 1.66. The minimum Gasteiger partial charge on any atom is -0.496 e. The summed E-state index contributed by atoms with van der Waals surface area (Å²) in [6, 6.07) is 7.59. The molecule has 0 radical (unpaired) electrons. The van der Waals surface area contributed by atoms with Gasteiger partial charge in [-0.1, -0.05) is 30.1 Å². The maximum Gasteiger partial charge on any atom is 0.122 e. The zero-order valence-corrected chi connectivity index (χ0v) is 13.3. The van der Waals surface area contributed by atoms with E-state index in [1.165, 1.54) is 0 Å². The average molecular weight is 310 g/mol. The highest BCUT2D eigenvalue weighted by Crippen LogP contribution is 2.32. The zero-order chi connectivity index (χ0) is 14.7. The molecule has 0 amide bonds. The Hall–Kier alpha value is -1.25. The Morgan fingerprint density at radius 2 is 2.00 bits per heavy atom. The summed E-state index contributed by atoms with van der Waals surface area (Å²) >= 11 is 12.3. The third-order valence-corrected chi connectivity index (χ3v) is 3.84. The molecule has 106 valence electrons. The monoisotopic (exact) mass is 309 g/mol. The van der Waals surface area contributed by atoms with E-state index in [-0.39, 0.29) is 5.92 Å². The topological polar surface area (TPSA) is 22.1 Å². The molecule has 2 nitrogen and oxygen atoms in total. The van der Waals surface area contributed by atoms with Gasteiger partial charge in [-0.05, 0) is 54.7 Å². The molecule has 0 bridgehead atoms. The van der Waals surface area contributed by atoms with Crippen LogP contribution in [0, 0.1) is 6.92 Å². The quantitative estimate of drug-likeness (QED) is 0.788. The summed E-state index contributed by atoms with van der Waals surface area (Å²) in [5.41, 5.74) is 3.02. The van der Waals surface area contributed by atoms with Crippen LogP contribution in [0.5, 0.6) is 5.75 Å². The molecule has 0 N–H and O–H groups in total. The van der Waals surface area contributed by atoms with Gasteiger partial charge < -0.3 is 4.74 Å². The van der Waals surface area contributed by atoms with Crippen LogP contribution in [0.2, 0.25) is 10.0 Å². The summed E-state index contributed by atoms with van der Waals surface area (Å²) < 4.78 is 5.40. The lowest BCUT2D eigenvalue weighted by atomic mass is 9.95. The van der Waals surface area contributed by atoms with E-state index in [1.54, 1.807) is 7.11 Å². The van der Waals surface area contributed by atoms with Crippen LogP contribution in [0.3, 0.4) is 0 Å². The molecule has 0 saturated carbocycles. The molecule has 0 saturated heterocycles. The number of ether oxygens (including phenoxy) is 1. The van der Waals surface area contributed by atoms with Crippen molar-refractivity contribution in [3.05, 3.63) is 57.3 Å². The van der Waals surface area contributed by atoms with Gasteiger partial charge in [-0.25, -0.2) is 0 Å². The lowest BCUT2D eigenvalue weighted by molar-refractivity contribution is 0.406. The van der Waals surface area contributed by atoms with E-state index in [4.69, 9.17) is 27.9 Å². The lowest BCUT2D eigenvalue weighted by Gasteiger charge is -2.16. The van der Waals surface area contributed by atoms with E-state index < -0.39 is 0 Å². The molecule has 4 heteroatoms. The van der Waals surface area contributed by atoms with Gasteiger partial charge in [-0.3, -0.25) is 4.98 Å². The third-order valence-electron chi connectivity index (χ3n) is 3.28. The van der Waals surface area contributed by atoms with Gasteiger partial charge in [0.25, 0.3) is 0 Å². The molecule has 20 heavy (non-hydrogen) atoms. The van der Waals surface area contributed by atoms with Crippen molar-refractivity contribution in [2.24, 2.45) is 0 Å². The van der Waals surface area contributed by atoms with Gasteiger partial charge in [-0.15, -0.1) is 0 Å². The predicted octanol–water partition coefficient (Wildman–Crippen LogP) is 5.05. The van der Waals surface area contributed by atoms with Crippen molar-refractivity contribution in [1.82, 2.24) is 4.98 Å². The number of nitrogens with zero attached hydrogens (tertiary/aromatic N) is 1. The van der Waals surface area contributed by atoms with Crippen molar-refractivity contribution in [3.8, 4) is 5.75 Å². The van der Waals surface area contributed by atoms with Crippen molar-refractivity contribution >= 4 is 23.2 Å². The summed E-state index contributed by atoms with van der Waals surface area (Å²) in [4.78, 5) is 4.42. The number of methoxy groups -OCH3 is 1. The smallest absolute Gasteiger partial charge is 0.122 e. The van der Waals surface area contributed by atoms with Gasteiger partial charge >= 0.3 is 0 Å². The highest BCUT2D eigenvalue weighted by atomic mass is 35.5. The van der Waals surface area contributed by atoms with E-state index >= 15 is 0 Å². The van der Waals surface area contributed by atoms with Gasteiger partial charge in [0.05, 0.1) is 17.8 Å². The second-order valence-electron chi connectivity index (χ2n) is 4.93. The largest absolute Gasteiger partial charge is 0.496 e. The second kappa shape index (κ2) is 6.47. The van der Waals surface area contributed by atoms with Crippen molar-refractivity contribution in [2.45, 2.75) is 26.2 Å². The zero-order valence-electron chi connectivity index (χ0n) is 11.8. The van der Waals surface area contributed by atoms with Gasteiger partial charge in [0.2, 0.25) is 0 Å². The Labute approximate surface area is 129 Å². The van der Waals surface area contributed by atoms with E-state index in [0.717, 1.165) is 29.0 Å². The average Bonchev–Trinajstić information content (AvgIpc) is 2.41. The normalized spacial score (nSPS) is 12.2. The number of pyridine rings is 1. The first kappa shape index (κ1) is 15.1. The number of benzene rings is 1. The molecule has 1 atom stereocenters. The molecule has 0 fully saturated rings. The highest BCUT2D eigenvalue weighted by molar-refractivity contribution is 6.31. The Morgan fingerprint density at radius 1 is 1.25 bits per heavy atom. The first-order chi connectivity index (χ1) is 9.51. The molecule has 0 spiro atoms. The van der Waals surface area contributed by atoms with Crippen molar-refractivity contribution in [1.29, 1.82) is 0 Å². The van der Waals surface area contributed by atoms with Gasteiger partial charge in [0.15, 0.2) is 0 Å². The van der Waals surface area contributed by atoms with Crippen LogP contribution in [0.4, 0.5) is 0 Å². The molecule has 0 aliphatic rings. The summed E-state index contributed by atoms with van der Waals surface area (Å²) in [5, 5.41) is 1.41. The molecule has 1 aromatic heterocycles. The highest BCUT2D eigenvalue weighted by Gasteiger charge is 2.15. The SMILES string of the molecule is COc1ccc(Cl)cc1C(C)Cc1ncc(C)cc1Cl. The molecular weight excluding hydrogens is 293 g/mol. The van der Waals surface area contributed by atoms with E-state index in [0.29, 0.717) is 10.0 Å². The first-order valence-corrected chi connectivity index (χ1v) is 7.21. The Kier molecular flexibility index (Phi) is 4.90. The van der Waals surface area contributed by atoms with Gasteiger partial charge in [0, 0.05) is 11.2 Å². The van der Waals surface area contributed by atoms with Gasteiger partial charge in [-0.2, -0.15) is 0 Å². The number of aryl methyl sites for hydroxylation is 1. The standard InChI is InChI=1S/C16H17Cl2NO/c1-10-6-14(18)15(19-9-10)7-11(2)13-8-12(17)4-5-16(13)20-3/h4-6,8-9,11H,7H2,1-3H3. The molecule has 0 aliphatic carbocycles. The van der Waals surface area contributed by atoms with Crippen LogP contribution in [0.15, 0.2) is 30.5 Å². The molecule has 2 aromatic rings. The van der Waals surface area contributed by atoms with Crippen LogP contribution in [0.25, 0.3) is 0 Å². The van der Waals surface area contributed by atoms with E-state index in [1.807, 2.05) is 37.4 Å². The molecule has 1 aromatic carbocycles. The molecule has 2 rings (SSSR count). The molecule has 0 aliphatic heterocycles. The minimum atomic E-state index is 0.219. The lowest BCUT2D eigenvalue weighted by Crippen LogP contribution is -2.03. The fourth-order valence-electron chi connectivity index (χ4n) is 2.20. The van der Waals surface area contributed by atoms with Crippen molar-refractivity contribution in [2.75, 3.05) is 7.11 Å². The minimum absolute atomic E-state index is 0.219. The van der Waals surface area contributed by atoms with E-state index in [2.05, 4.69) is 11.9 Å². The van der Waals surface area contributed by atoms with Crippen LogP contribution in [0.1, 0.15) is 29.7 Å². The number of halogens is 2. The van der Waals surface area contributed by atoms with Crippen LogP contribution >= 0.6 is 23.2 Å². The number of hydrogen-bond donors (Lipinski definition) is 0. The van der Waals surface area contributed by atoms with Crippen LogP contribution in [-0.4, -0.2) is 12.1 Å². The number of rotatable bonds is 4. The molecule has 1 heterocycles. The fraction of sp³-hybridized carbons (Fsp3) is 0.312. The van der Waals surface area contributed by atoms with Crippen LogP contribution in [-0.2, 0) is 6.42 Å². The Balaban J connectivity index is 2.27. The molecular formula is C16H17Cl2NO.